The highest BCUT2D eigenvalue weighted by atomic mass is 16.5. The fourth-order valence-corrected chi connectivity index (χ4v) is 6.95. The van der Waals surface area contributed by atoms with Crippen molar-refractivity contribution in [1.29, 1.82) is 0 Å². The number of hydrogen-bond acceptors (Lipinski definition) is 9. The molecule has 0 amide bonds. The number of aromatic nitrogens is 1. The molecule has 3 heterocycles. The topological polar surface area (TPSA) is 115 Å². The molecule has 1 aliphatic carbocycles. The molecule has 44 heavy (non-hydrogen) atoms. The summed E-state index contributed by atoms with van der Waals surface area (Å²) in [5.74, 6) is 2.93. The van der Waals surface area contributed by atoms with Crippen LogP contribution in [-0.4, -0.2) is 56.3 Å². The highest BCUT2D eigenvalue weighted by Gasteiger charge is 2.48. The van der Waals surface area contributed by atoms with Gasteiger partial charge in [-0.1, -0.05) is 0 Å². The molecular formula is C35H44N2O7. The second-order valence-electron chi connectivity index (χ2n) is 12.0. The smallest absolute Gasteiger partial charge is 0.125 e. The SMILES string of the molecule is COCCC[C@@H]1Oc2ccc(OC)cc2[C@H](OCCc2ccnc(N)c2)[C@@H]1[C@H]1COc2ccc(OC3CCCC3)cc2[C@H]1O. The number of aliphatic hydroxyl groups is 1. The van der Waals surface area contributed by atoms with Crippen molar-refractivity contribution in [2.45, 2.75) is 69.4 Å². The van der Waals surface area contributed by atoms with Crippen LogP contribution in [0.15, 0.2) is 54.7 Å². The number of methoxy groups -OCH3 is 2. The number of nitrogens with two attached hydrogens (primary N) is 1. The third-order valence-electron chi connectivity index (χ3n) is 9.19. The lowest BCUT2D eigenvalue weighted by atomic mass is 9.73. The van der Waals surface area contributed by atoms with Crippen LogP contribution < -0.4 is 24.7 Å². The quantitative estimate of drug-likeness (QED) is 0.246. The van der Waals surface area contributed by atoms with Gasteiger partial charge in [-0.2, -0.15) is 0 Å². The summed E-state index contributed by atoms with van der Waals surface area (Å²) in [7, 11) is 3.36. The Morgan fingerprint density at radius 3 is 2.55 bits per heavy atom. The number of nitrogen functional groups attached to an aromatic ring is 1. The van der Waals surface area contributed by atoms with E-state index in [1.807, 2.05) is 48.5 Å². The number of rotatable bonds is 12. The third-order valence-corrected chi connectivity index (χ3v) is 9.19. The van der Waals surface area contributed by atoms with Crippen molar-refractivity contribution in [2.24, 2.45) is 11.8 Å². The molecule has 1 saturated carbocycles. The molecule has 3 aromatic rings. The molecule has 3 aliphatic rings. The summed E-state index contributed by atoms with van der Waals surface area (Å²) < 4.78 is 37.1. The monoisotopic (exact) mass is 604 g/mol. The standard InChI is InChI=1S/C35H44N2O7/c1-39-16-5-8-31-33(28-21-42-29-11-10-25(20-26(29)34(28)38)43-23-6-3-4-7-23)35(27-19-24(40-2)9-12-30(27)44-31)41-17-14-22-13-15-37-32(36)18-22/h9-13,15,18-20,23,28,31,33-35,38H,3-8,14,16-17,21H2,1-2H3,(H2,36,37)/t28-,31+,33-,34-,35+/m1/s1. The van der Waals surface area contributed by atoms with Gasteiger partial charge in [-0.15, -0.1) is 0 Å². The van der Waals surface area contributed by atoms with Gasteiger partial charge in [-0.25, -0.2) is 4.98 Å². The van der Waals surface area contributed by atoms with E-state index in [0.717, 1.165) is 59.6 Å². The molecule has 2 aliphatic heterocycles. The lowest BCUT2D eigenvalue weighted by molar-refractivity contribution is -0.112. The number of nitrogens with zero attached hydrogens (tertiary/aromatic N) is 1. The van der Waals surface area contributed by atoms with Gasteiger partial charge in [0.25, 0.3) is 0 Å². The Morgan fingerprint density at radius 2 is 1.75 bits per heavy atom. The van der Waals surface area contributed by atoms with E-state index in [4.69, 9.17) is 34.2 Å². The summed E-state index contributed by atoms with van der Waals surface area (Å²) in [6, 6.07) is 15.5. The van der Waals surface area contributed by atoms with Crippen molar-refractivity contribution >= 4 is 5.82 Å². The molecule has 9 nitrogen and oxygen atoms in total. The van der Waals surface area contributed by atoms with Crippen molar-refractivity contribution < 1.29 is 33.5 Å². The van der Waals surface area contributed by atoms with E-state index in [2.05, 4.69) is 4.98 Å². The second kappa shape index (κ2) is 14.1. The Kier molecular flexibility index (Phi) is 9.74. The van der Waals surface area contributed by atoms with Crippen LogP contribution in [-0.2, 0) is 15.9 Å². The Morgan fingerprint density at radius 1 is 0.955 bits per heavy atom. The third kappa shape index (κ3) is 6.75. The van der Waals surface area contributed by atoms with Crippen LogP contribution in [0.3, 0.4) is 0 Å². The summed E-state index contributed by atoms with van der Waals surface area (Å²) in [6.07, 6.45) is 7.28. The van der Waals surface area contributed by atoms with Crippen molar-refractivity contribution in [3.8, 4) is 23.0 Å². The van der Waals surface area contributed by atoms with Gasteiger partial charge >= 0.3 is 0 Å². The van der Waals surface area contributed by atoms with Crippen LogP contribution in [0.2, 0.25) is 0 Å². The first kappa shape index (κ1) is 30.5. The minimum atomic E-state index is -0.789. The molecule has 236 valence electrons. The van der Waals surface area contributed by atoms with E-state index < -0.39 is 6.10 Å². The first-order valence-electron chi connectivity index (χ1n) is 15.8. The zero-order valence-electron chi connectivity index (χ0n) is 25.7. The van der Waals surface area contributed by atoms with Gasteiger partial charge in [0.15, 0.2) is 0 Å². The lowest BCUT2D eigenvalue weighted by Gasteiger charge is -2.46. The van der Waals surface area contributed by atoms with Crippen LogP contribution in [0, 0.1) is 11.8 Å². The van der Waals surface area contributed by atoms with Gasteiger partial charge in [0.2, 0.25) is 0 Å². The molecule has 0 bridgehead atoms. The van der Waals surface area contributed by atoms with Gasteiger partial charge in [0, 0.05) is 42.9 Å². The maximum absolute atomic E-state index is 12.0. The molecule has 0 unspecified atom stereocenters. The molecule has 0 radical (unpaired) electrons. The Bertz CT molecular complexity index is 1400. The number of aliphatic hydroxyl groups excluding tert-OH is 1. The number of pyridine rings is 1. The number of fused-ring (bicyclic) bond motifs is 2. The van der Waals surface area contributed by atoms with E-state index in [1.54, 1.807) is 20.4 Å². The summed E-state index contributed by atoms with van der Waals surface area (Å²) in [4.78, 5) is 4.11. The van der Waals surface area contributed by atoms with Crippen LogP contribution in [0.25, 0.3) is 0 Å². The zero-order valence-corrected chi connectivity index (χ0v) is 25.7. The number of anilines is 1. The Balaban J connectivity index is 1.32. The molecule has 1 fully saturated rings. The Labute approximate surface area is 259 Å². The summed E-state index contributed by atoms with van der Waals surface area (Å²) in [5, 5.41) is 12.0. The van der Waals surface area contributed by atoms with Gasteiger partial charge in [0.1, 0.15) is 34.9 Å². The average molecular weight is 605 g/mol. The number of ether oxygens (including phenoxy) is 6. The van der Waals surface area contributed by atoms with Crippen molar-refractivity contribution in [3.05, 3.63) is 71.4 Å². The molecular weight excluding hydrogens is 560 g/mol. The first-order chi connectivity index (χ1) is 21.5. The van der Waals surface area contributed by atoms with E-state index in [1.165, 1.54) is 12.8 Å². The maximum atomic E-state index is 12.0. The van der Waals surface area contributed by atoms with Crippen LogP contribution >= 0.6 is 0 Å². The summed E-state index contributed by atoms with van der Waals surface area (Å²) in [6.45, 7) is 1.41. The van der Waals surface area contributed by atoms with Crippen LogP contribution in [0.4, 0.5) is 5.82 Å². The first-order valence-corrected chi connectivity index (χ1v) is 15.8. The highest BCUT2D eigenvalue weighted by Crippen LogP contribution is 2.51. The van der Waals surface area contributed by atoms with Gasteiger partial charge in [0.05, 0.1) is 38.6 Å². The lowest BCUT2D eigenvalue weighted by Crippen LogP contribution is -2.46. The van der Waals surface area contributed by atoms with Crippen molar-refractivity contribution in [1.82, 2.24) is 4.98 Å². The molecule has 9 heteroatoms. The highest BCUT2D eigenvalue weighted by molar-refractivity contribution is 5.46. The fourth-order valence-electron chi connectivity index (χ4n) is 6.95. The van der Waals surface area contributed by atoms with Gasteiger partial charge in [-0.05, 0) is 99.0 Å². The maximum Gasteiger partial charge on any atom is 0.125 e. The minimum Gasteiger partial charge on any atom is -0.497 e. The number of hydrogen-bond donors (Lipinski definition) is 2. The minimum absolute atomic E-state index is 0.212. The predicted molar refractivity (Wildman–Crippen MR) is 166 cm³/mol. The molecule has 3 N–H and O–H groups in total. The molecule has 0 spiro atoms. The normalized spacial score (nSPS) is 24.6. The van der Waals surface area contributed by atoms with Gasteiger partial charge < -0.3 is 39.3 Å². The summed E-state index contributed by atoms with van der Waals surface area (Å²) >= 11 is 0. The summed E-state index contributed by atoms with van der Waals surface area (Å²) in [5.41, 5.74) is 8.63. The van der Waals surface area contributed by atoms with E-state index in [9.17, 15) is 5.11 Å². The predicted octanol–water partition coefficient (Wildman–Crippen LogP) is 5.84. The second-order valence-corrected chi connectivity index (χ2v) is 12.0. The largest absolute Gasteiger partial charge is 0.497 e. The van der Waals surface area contributed by atoms with Gasteiger partial charge in [-0.3, -0.25) is 0 Å². The van der Waals surface area contributed by atoms with Crippen molar-refractivity contribution in [3.63, 3.8) is 0 Å². The molecule has 2 aromatic carbocycles. The molecule has 1 aromatic heterocycles. The van der Waals surface area contributed by atoms with Crippen molar-refractivity contribution in [2.75, 3.05) is 39.8 Å². The average Bonchev–Trinajstić information content (AvgIpc) is 3.55. The zero-order chi connectivity index (χ0) is 30.5. The van der Waals surface area contributed by atoms with Crippen LogP contribution in [0.5, 0.6) is 23.0 Å². The fraction of sp³-hybridized carbons (Fsp3) is 0.514. The molecule has 0 saturated heterocycles. The van der Waals surface area contributed by atoms with E-state index >= 15 is 0 Å². The molecule has 5 atom stereocenters. The Hall–Kier alpha value is -3.53. The molecule has 6 rings (SSSR count). The van der Waals surface area contributed by atoms with Crippen LogP contribution in [0.1, 0.15) is 67.4 Å². The van der Waals surface area contributed by atoms with E-state index in [0.29, 0.717) is 37.8 Å². The van der Waals surface area contributed by atoms with E-state index in [-0.39, 0.29) is 30.1 Å². The number of benzene rings is 2.